The number of aromatic amines is 1. The number of nitrogens with one attached hydrogen (secondary N) is 2. The highest BCUT2D eigenvalue weighted by atomic mass is 16.3. The third kappa shape index (κ3) is 2.54. The molecule has 20 heavy (non-hydrogen) atoms. The van der Waals surface area contributed by atoms with Crippen LogP contribution in [-0.4, -0.2) is 33.9 Å². The number of benzene rings is 1. The summed E-state index contributed by atoms with van der Waals surface area (Å²) in [5, 5.41) is 20.5. The number of aromatic nitrogens is 2. The Labute approximate surface area is 117 Å². The second kappa shape index (κ2) is 5.63. The van der Waals surface area contributed by atoms with E-state index >= 15 is 0 Å². The molecule has 1 aromatic heterocycles. The van der Waals surface area contributed by atoms with Crippen LogP contribution >= 0.6 is 0 Å². The maximum absolute atomic E-state index is 12.1. The zero-order valence-corrected chi connectivity index (χ0v) is 11.3. The van der Waals surface area contributed by atoms with Crippen LogP contribution < -0.4 is 5.32 Å². The van der Waals surface area contributed by atoms with E-state index in [9.17, 15) is 9.90 Å². The lowest BCUT2D eigenvalue weighted by atomic mass is 10.0. The van der Waals surface area contributed by atoms with Crippen molar-refractivity contribution in [3.63, 3.8) is 0 Å². The third-order valence-electron chi connectivity index (χ3n) is 4.10. The van der Waals surface area contributed by atoms with Crippen molar-refractivity contribution < 1.29 is 9.90 Å². The van der Waals surface area contributed by atoms with Crippen molar-refractivity contribution in [1.29, 1.82) is 0 Å². The Kier molecular flexibility index (Phi) is 3.69. The molecule has 1 amide bonds. The van der Waals surface area contributed by atoms with Crippen LogP contribution in [0.4, 0.5) is 0 Å². The monoisotopic (exact) mass is 273 g/mol. The molecule has 0 bridgehead atoms. The van der Waals surface area contributed by atoms with E-state index in [0.717, 1.165) is 23.7 Å². The Morgan fingerprint density at radius 3 is 2.95 bits per heavy atom. The van der Waals surface area contributed by atoms with Gasteiger partial charge >= 0.3 is 0 Å². The zero-order valence-electron chi connectivity index (χ0n) is 11.3. The number of para-hydroxylation sites is 1. The normalized spacial score (nSPS) is 17.4. The molecule has 1 aliphatic rings. The Balaban J connectivity index is 1.64. The van der Waals surface area contributed by atoms with Crippen LogP contribution in [0.3, 0.4) is 0 Å². The summed E-state index contributed by atoms with van der Waals surface area (Å²) in [7, 11) is 0. The Hall–Kier alpha value is -1.88. The molecule has 3 N–H and O–H groups in total. The SMILES string of the molecule is O=C(NCC(O)C1CCCC1)c1n[nH]c2ccccc12. The van der Waals surface area contributed by atoms with Gasteiger partial charge in [-0.1, -0.05) is 31.0 Å². The first kappa shape index (κ1) is 13.1. The molecule has 3 rings (SSSR count). The summed E-state index contributed by atoms with van der Waals surface area (Å²) in [6, 6.07) is 7.52. The Morgan fingerprint density at radius 1 is 1.40 bits per heavy atom. The summed E-state index contributed by atoms with van der Waals surface area (Å²) in [6.07, 6.45) is 4.02. The highest BCUT2D eigenvalue weighted by Gasteiger charge is 2.24. The molecule has 1 saturated carbocycles. The van der Waals surface area contributed by atoms with Gasteiger partial charge in [0.1, 0.15) is 0 Å². The number of hydrogen-bond donors (Lipinski definition) is 3. The van der Waals surface area contributed by atoms with Gasteiger partial charge in [0.05, 0.1) is 11.6 Å². The molecule has 0 radical (unpaired) electrons. The first-order chi connectivity index (χ1) is 9.75. The largest absolute Gasteiger partial charge is 0.391 e. The molecule has 0 aliphatic heterocycles. The summed E-state index contributed by atoms with van der Waals surface area (Å²) >= 11 is 0. The molecule has 1 heterocycles. The topological polar surface area (TPSA) is 78.0 Å². The minimum Gasteiger partial charge on any atom is -0.391 e. The van der Waals surface area contributed by atoms with Crippen molar-refractivity contribution in [2.75, 3.05) is 6.54 Å². The van der Waals surface area contributed by atoms with Gasteiger partial charge in [0.25, 0.3) is 5.91 Å². The minimum atomic E-state index is -0.452. The lowest BCUT2D eigenvalue weighted by Crippen LogP contribution is -2.35. The maximum atomic E-state index is 12.1. The fraction of sp³-hybridized carbons (Fsp3) is 0.467. The van der Waals surface area contributed by atoms with Crippen LogP contribution in [0.15, 0.2) is 24.3 Å². The molecule has 1 aliphatic carbocycles. The molecule has 1 unspecified atom stereocenters. The average molecular weight is 273 g/mol. The third-order valence-corrected chi connectivity index (χ3v) is 4.10. The number of aliphatic hydroxyl groups excluding tert-OH is 1. The molecule has 2 aromatic rings. The predicted octanol–water partition coefficient (Wildman–Crippen LogP) is 1.84. The molecule has 0 saturated heterocycles. The quantitative estimate of drug-likeness (QED) is 0.795. The van der Waals surface area contributed by atoms with Gasteiger partial charge in [0, 0.05) is 11.9 Å². The maximum Gasteiger partial charge on any atom is 0.272 e. The van der Waals surface area contributed by atoms with Crippen LogP contribution in [0.2, 0.25) is 0 Å². The molecular formula is C15H19N3O2. The summed E-state index contributed by atoms with van der Waals surface area (Å²) < 4.78 is 0. The van der Waals surface area contributed by atoms with E-state index in [1.807, 2.05) is 24.3 Å². The molecule has 0 spiro atoms. The summed E-state index contributed by atoms with van der Waals surface area (Å²) in [6.45, 7) is 0.296. The number of amides is 1. The summed E-state index contributed by atoms with van der Waals surface area (Å²) in [5.41, 5.74) is 1.23. The molecular weight excluding hydrogens is 254 g/mol. The van der Waals surface area contributed by atoms with Gasteiger partial charge in [-0.15, -0.1) is 0 Å². The van der Waals surface area contributed by atoms with E-state index in [1.165, 1.54) is 12.8 Å². The number of H-pyrrole nitrogens is 1. The fourth-order valence-corrected chi connectivity index (χ4v) is 2.93. The minimum absolute atomic E-state index is 0.237. The van der Waals surface area contributed by atoms with Gasteiger partial charge in [-0.3, -0.25) is 9.89 Å². The van der Waals surface area contributed by atoms with Gasteiger partial charge in [-0.25, -0.2) is 0 Å². The highest BCUT2D eigenvalue weighted by molar-refractivity contribution is 6.04. The van der Waals surface area contributed by atoms with E-state index in [0.29, 0.717) is 18.2 Å². The van der Waals surface area contributed by atoms with E-state index in [-0.39, 0.29) is 5.91 Å². The summed E-state index contributed by atoms with van der Waals surface area (Å²) in [5.74, 6) is 0.0886. The molecule has 5 heteroatoms. The van der Waals surface area contributed by atoms with Crippen LogP contribution in [0, 0.1) is 5.92 Å². The predicted molar refractivity (Wildman–Crippen MR) is 76.4 cm³/mol. The van der Waals surface area contributed by atoms with Crippen LogP contribution in [0.25, 0.3) is 10.9 Å². The first-order valence-electron chi connectivity index (χ1n) is 7.15. The van der Waals surface area contributed by atoms with Crippen molar-refractivity contribution in [3.8, 4) is 0 Å². The number of rotatable bonds is 4. The standard InChI is InChI=1S/C15H19N3O2/c19-13(10-5-1-2-6-10)9-16-15(20)14-11-7-3-4-8-12(11)17-18-14/h3-4,7-8,10,13,19H,1-2,5-6,9H2,(H,16,20)(H,17,18). The Morgan fingerprint density at radius 2 is 2.15 bits per heavy atom. The number of aliphatic hydroxyl groups is 1. The lowest BCUT2D eigenvalue weighted by Gasteiger charge is -2.17. The van der Waals surface area contributed by atoms with Crippen molar-refractivity contribution in [3.05, 3.63) is 30.0 Å². The van der Waals surface area contributed by atoms with E-state index < -0.39 is 6.10 Å². The number of nitrogens with zero attached hydrogens (tertiary/aromatic N) is 1. The van der Waals surface area contributed by atoms with E-state index in [1.54, 1.807) is 0 Å². The van der Waals surface area contributed by atoms with Crippen molar-refractivity contribution in [2.24, 2.45) is 5.92 Å². The average Bonchev–Trinajstić information content (AvgIpc) is 3.13. The van der Waals surface area contributed by atoms with Gasteiger partial charge in [0.15, 0.2) is 5.69 Å². The summed E-state index contributed by atoms with van der Waals surface area (Å²) in [4.78, 5) is 12.1. The van der Waals surface area contributed by atoms with Crippen molar-refractivity contribution in [2.45, 2.75) is 31.8 Å². The molecule has 1 atom stereocenters. The van der Waals surface area contributed by atoms with Crippen LogP contribution in [0.5, 0.6) is 0 Å². The molecule has 1 aromatic carbocycles. The number of fused-ring (bicyclic) bond motifs is 1. The second-order valence-corrected chi connectivity index (χ2v) is 5.44. The van der Waals surface area contributed by atoms with Gasteiger partial charge in [-0.05, 0) is 24.8 Å². The van der Waals surface area contributed by atoms with Crippen molar-refractivity contribution >= 4 is 16.8 Å². The van der Waals surface area contributed by atoms with Crippen LogP contribution in [0.1, 0.15) is 36.2 Å². The lowest BCUT2D eigenvalue weighted by molar-refractivity contribution is 0.0838. The number of hydrogen-bond acceptors (Lipinski definition) is 3. The van der Waals surface area contributed by atoms with Gasteiger partial charge in [-0.2, -0.15) is 5.10 Å². The van der Waals surface area contributed by atoms with Crippen molar-refractivity contribution in [1.82, 2.24) is 15.5 Å². The van der Waals surface area contributed by atoms with Gasteiger partial charge < -0.3 is 10.4 Å². The molecule has 1 fully saturated rings. The second-order valence-electron chi connectivity index (χ2n) is 5.44. The smallest absolute Gasteiger partial charge is 0.272 e. The molecule has 106 valence electrons. The fourth-order valence-electron chi connectivity index (χ4n) is 2.93. The number of carbonyl (C=O) groups excluding carboxylic acids is 1. The van der Waals surface area contributed by atoms with Gasteiger partial charge in [0.2, 0.25) is 0 Å². The van der Waals surface area contributed by atoms with Crippen LogP contribution in [-0.2, 0) is 0 Å². The van der Waals surface area contributed by atoms with E-state index in [2.05, 4.69) is 15.5 Å². The van der Waals surface area contributed by atoms with E-state index in [4.69, 9.17) is 0 Å². The highest BCUT2D eigenvalue weighted by Crippen LogP contribution is 2.27. The molecule has 5 nitrogen and oxygen atoms in total. The Bertz CT molecular complexity index is 602. The first-order valence-corrected chi connectivity index (χ1v) is 7.15. The zero-order chi connectivity index (χ0) is 13.9. The number of carbonyl (C=O) groups is 1.